The molecular formula is C22H18O5. The van der Waals surface area contributed by atoms with Crippen LogP contribution in [0.2, 0.25) is 0 Å². The van der Waals surface area contributed by atoms with E-state index in [1.165, 1.54) is 12.1 Å². The highest BCUT2D eigenvalue weighted by Gasteiger charge is 2.24. The number of rotatable bonds is 4. The van der Waals surface area contributed by atoms with Crippen LogP contribution < -0.4 is 10.2 Å². The largest absolute Gasteiger partial charge is 0.494 e. The Bertz CT molecular complexity index is 1140. The van der Waals surface area contributed by atoms with Crippen LogP contribution in [-0.2, 0) is 6.42 Å². The molecule has 0 radical (unpaired) electrons. The number of hydrogen-bond acceptors (Lipinski definition) is 4. The minimum Gasteiger partial charge on any atom is -0.494 e. The first-order valence-corrected chi connectivity index (χ1v) is 8.83. The molecule has 0 bridgehead atoms. The van der Waals surface area contributed by atoms with Gasteiger partial charge in [-0.15, -0.1) is 0 Å². The first kappa shape index (κ1) is 17.1. The molecule has 0 saturated carbocycles. The molecule has 1 heterocycles. The van der Waals surface area contributed by atoms with Gasteiger partial charge in [0, 0.05) is 5.56 Å². The van der Waals surface area contributed by atoms with Gasteiger partial charge in [-0.3, -0.25) is 4.79 Å². The van der Waals surface area contributed by atoms with Crippen molar-refractivity contribution in [2.24, 2.45) is 0 Å². The average molecular weight is 362 g/mol. The Balaban J connectivity index is 1.81. The van der Waals surface area contributed by atoms with Gasteiger partial charge in [0.2, 0.25) is 0 Å². The molecule has 0 aliphatic heterocycles. The molecule has 1 aromatic heterocycles. The summed E-state index contributed by atoms with van der Waals surface area (Å²) in [6, 6.07) is 12.1. The zero-order chi connectivity index (χ0) is 19.0. The zero-order valence-electron chi connectivity index (χ0n) is 14.8. The first-order chi connectivity index (χ1) is 13.1. The van der Waals surface area contributed by atoms with Crippen LogP contribution in [0.25, 0.3) is 22.6 Å². The first-order valence-electron chi connectivity index (χ1n) is 8.83. The van der Waals surface area contributed by atoms with E-state index in [0.717, 1.165) is 16.9 Å². The molecule has 0 unspecified atom stereocenters. The van der Waals surface area contributed by atoms with Crippen LogP contribution in [0, 0.1) is 0 Å². The molecule has 2 aromatic carbocycles. The van der Waals surface area contributed by atoms with Gasteiger partial charge in [0.1, 0.15) is 17.1 Å². The third-order valence-corrected chi connectivity index (χ3v) is 4.68. The average Bonchev–Trinajstić information content (AvgIpc) is 3.05. The SMILES string of the molecule is CCOc1cccc(/C=C2/CCc3c2oc2ccc(C(=O)O)cc2c3=O)c1. The van der Waals surface area contributed by atoms with E-state index in [1.54, 1.807) is 6.07 Å². The van der Waals surface area contributed by atoms with Crippen molar-refractivity contribution in [2.45, 2.75) is 19.8 Å². The van der Waals surface area contributed by atoms with Gasteiger partial charge in [0.05, 0.1) is 17.6 Å². The van der Waals surface area contributed by atoms with Gasteiger partial charge in [-0.1, -0.05) is 12.1 Å². The van der Waals surface area contributed by atoms with Crippen molar-refractivity contribution in [3.8, 4) is 5.75 Å². The molecule has 3 aromatic rings. The van der Waals surface area contributed by atoms with Gasteiger partial charge >= 0.3 is 5.97 Å². The van der Waals surface area contributed by atoms with Crippen LogP contribution in [-0.4, -0.2) is 17.7 Å². The summed E-state index contributed by atoms with van der Waals surface area (Å²) in [7, 11) is 0. The van der Waals surface area contributed by atoms with E-state index in [2.05, 4.69) is 0 Å². The van der Waals surface area contributed by atoms with Crippen LogP contribution in [0.15, 0.2) is 51.7 Å². The fraction of sp³-hybridized carbons (Fsp3) is 0.182. The Morgan fingerprint density at radius 1 is 1.22 bits per heavy atom. The minimum atomic E-state index is -1.06. The quantitative estimate of drug-likeness (QED) is 0.745. The Kier molecular flexibility index (Phi) is 4.28. The molecule has 136 valence electrons. The van der Waals surface area contributed by atoms with Crippen molar-refractivity contribution < 1.29 is 19.1 Å². The molecule has 5 nitrogen and oxygen atoms in total. The predicted molar refractivity (Wildman–Crippen MR) is 103 cm³/mol. The number of fused-ring (bicyclic) bond motifs is 2. The topological polar surface area (TPSA) is 76.7 Å². The van der Waals surface area contributed by atoms with Crippen LogP contribution >= 0.6 is 0 Å². The summed E-state index contributed by atoms with van der Waals surface area (Å²) >= 11 is 0. The number of ether oxygens (including phenoxy) is 1. The maximum absolute atomic E-state index is 12.8. The lowest BCUT2D eigenvalue weighted by Gasteiger charge is -2.06. The van der Waals surface area contributed by atoms with E-state index >= 15 is 0 Å². The summed E-state index contributed by atoms with van der Waals surface area (Å²) in [5.74, 6) is 0.329. The molecule has 5 heteroatoms. The second-order valence-corrected chi connectivity index (χ2v) is 6.43. The van der Waals surface area contributed by atoms with Crippen molar-refractivity contribution in [1.82, 2.24) is 0 Å². The van der Waals surface area contributed by atoms with Gasteiger partial charge in [-0.2, -0.15) is 0 Å². The molecule has 1 aliphatic carbocycles. The van der Waals surface area contributed by atoms with Crippen molar-refractivity contribution in [3.05, 3.63) is 75.1 Å². The minimum absolute atomic E-state index is 0.0799. The van der Waals surface area contributed by atoms with E-state index < -0.39 is 5.97 Å². The van der Waals surface area contributed by atoms with E-state index in [9.17, 15) is 9.59 Å². The Hall–Kier alpha value is -3.34. The number of carboxylic acid groups (broad SMARTS) is 1. The van der Waals surface area contributed by atoms with Gasteiger partial charge in [0.15, 0.2) is 5.43 Å². The maximum atomic E-state index is 12.8. The van der Waals surface area contributed by atoms with Crippen LogP contribution in [0.3, 0.4) is 0 Å². The smallest absolute Gasteiger partial charge is 0.335 e. The van der Waals surface area contributed by atoms with E-state index in [-0.39, 0.29) is 11.0 Å². The molecule has 27 heavy (non-hydrogen) atoms. The van der Waals surface area contributed by atoms with Crippen molar-refractivity contribution in [2.75, 3.05) is 6.61 Å². The fourth-order valence-corrected chi connectivity index (χ4v) is 3.43. The lowest BCUT2D eigenvalue weighted by Crippen LogP contribution is -2.09. The van der Waals surface area contributed by atoms with Crippen LogP contribution in [0.1, 0.15) is 40.6 Å². The lowest BCUT2D eigenvalue weighted by atomic mass is 10.1. The van der Waals surface area contributed by atoms with Crippen LogP contribution in [0.4, 0.5) is 0 Å². The summed E-state index contributed by atoms with van der Waals surface area (Å²) in [6.07, 6.45) is 3.30. The molecular weight excluding hydrogens is 344 g/mol. The van der Waals surface area contributed by atoms with E-state index in [0.29, 0.717) is 41.7 Å². The summed E-state index contributed by atoms with van der Waals surface area (Å²) in [5, 5.41) is 9.46. The predicted octanol–water partition coefficient (Wildman–Crippen LogP) is 4.38. The highest BCUT2D eigenvalue weighted by Crippen LogP contribution is 2.34. The van der Waals surface area contributed by atoms with Crippen molar-refractivity contribution in [1.29, 1.82) is 0 Å². The number of carbonyl (C=O) groups is 1. The Morgan fingerprint density at radius 2 is 2.07 bits per heavy atom. The highest BCUT2D eigenvalue weighted by atomic mass is 16.5. The molecule has 1 N–H and O–H groups in total. The number of hydrogen-bond donors (Lipinski definition) is 1. The molecule has 4 rings (SSSR count). The second-order valence-electron chi connectivity index (χ2n) is 6.43. The fourth-order valence-electron chi connectivity index (χ4n) is 3.43. The molecule has 0 saturated heterocycles. The number of aromatic carboxylic acids is 1. The Morgan fingerprint density at radius 3 is 2.85 bits per heavy atom. The van der Waals surface area contributed by atoms with Crippen molar-refractivity contribution in [3.63, 3.8) is 0 Å². The van der Waals surface area contributed by atoms with E-state index in [1.807, 2.05) is 37.3 Å². The number of allylic oxidation sites excluding steroid dienone is 1. The summed E-state index contributed by atoms with van der Waals surface area (Å²) < 4.78 is 11.5. The molecule has 0 spiro atoms. The summed E-state index contributed by atoms with van der Waals surface area (Å²) in [6.45, 7) is 2.54. The third-order valence-electron chi connectivity index (χ3n) is 4.68. The lowest BCUT2D eigenvalue weighted by molar-refractivity contribution is 0.0697. The Labute approximate surface area is 155 Å². The van der Waals surface area contributed by atoms with Gasteiger partial charge in [0.25, 0.3) is 0 Å². The normalized spacial score (nSPS) is 14.5. The molecule has 0 atom stereocenters. The molecule has 1 aliphatic rings. The standard InChI is InChI=1S/C22H18O5/c1-2-26-16-5-3-4-13(11-16)10-14-6-8-17-20(23)18-12-15(22(24)25)7-9-19(18)27-21(14)17/h3-5,7,9-12H,2,6,8H2,1H3,(H,24,25)/b14-10-. The maximum Gasteiger partial charge on any atom is 0.335 e. The van der Waals surface area contributed by atoms with E-state index in [4.69, 9.17) is 14.3 Å². The summed E-state index contributed by atoms with van der Waals surface area (Å²) in [4.78, 5) is 24.0. The number of benzene rings is 2. The monoisotopic (exact) mass is 362 g/mol. The van der Waals surface area contributed by atoms with Gasteiger partial charge in [-0.05, 0) is 67.3 Å². The van der Waals surface area contributed by atoms with Crippen LogP contribution in [0.5, 0.6) is 5.75 Å². The van der Waals surface area contributed by atoms with Gasteiger partial charge in [-0.25, -0.2) is 4.79 Å². The molecule has 0 amide bonds. The highest BCUT2D eigenvalue weighted by molar-refractivity contribution is 5.94. The summed E-state index contributed by atoms with van der Waals surface area (Å²) in [5.41, 5.74) is 2.88. The molecule has 0 fully saturated rings. The van der Waals surface area contributed by atoms with Crippen molar-refractivity contribution >= 4 is 28.6 Å². The zero-order valence-corrected chi connectivity index (χ0v) is 14.8. The third kappa shape index (κ3) is 3.12. The van der Waals surface area contributed by atoms with Gasteiger partial charge < -0.3 is 14.3 Å². The second kappa shape index (κ2) is 6.76. The number of carboxylic acids is 1.